The Bertz CT molecular complexity index is 471. The minimum atomic E-state index is -1.01. The Kier molecular flexibility index (Phi) is 5.12. The topological polar surface area (TPSA) is 0 Å². The number of fused-ring (bicyclic) bond motifs is 1. The lowest BCUT2D eigenvalue weighted by atomic mass is 9.88. The first-order chi connectivity index (χ1) is 9.52. The van der Waals surface area contributed by atoms with Crippen LogP contribution in [0.3, 0.4) is 0 Å². The van der Waals surface area contributed by atoms with Crippen LogP contribution in [0.15, 0.2) is 6.07 Å². The van der Waals surface area contributed by atoms with Crippen LogP contribution < -0.4 is 0 Å². The molecule has 1 aromatic carbocycles. The van der Waals surface area contributed by atoms with Crippen LogP contribution in [0, 0.1) is 0 Å². The van der Waals surface area contributed by atoms with Crippen LogP contribution in [-0.2, 0) is 31.4 Å². The second kappa shape index (κ2) is 6.47. The fourth-order valence-corrected chi connectivity index (χ4v) is 6.86. The Hall–Kier alpha value is -0.563. The summed E-state index contributed by atoms with van der Waals surface area (Å²) in [5.41, 5.74) is 8.72. The van der Waals surface area contributed by atoms with Crippen molar-refractivity contribution in [2.45, 2.75) is 84.5 Å². The second-order valence-corrected chi connectivity index (χ2v) is 12.4. The van der Waals surface area contributed by atoms with Gasteiger partial charge in [0.25, 0.3) is 0 Å². The standard InChI is InChI=1S/C19H32Si/c1-6-9-15-12-16(10-7-2)18-13-20(4,5)14-19(18)17(15)11-8-3/h12H,6-11,13-14H2,1-5H3. The normalized spacial score (nSPS) is 16.4. The van der Waals surface area contributed by atoms with E-state index in [1.54, 1.807) is 27.8 Å². The highest BCUT2D eigenvalue weighted by Crippen LogP contribution is 2.37. The summed E-state index contributed by atoms with van der Waals surface area (Å²) in [4.78, 5) is 0. The van der Waals surface area contributed by atoms with Crippen LogP contribution >= 0.6 is 0 Å². The molecule has 0 amide bonds. The van der Waals surface area contributed by atoms with Crippen LogP contribution in [0.5, 0.6) is 0 Å². The number of hydrogen-bond donors (Lipinski definition) is 0. The van der Waals surface area contributed by atoms with Crippen LogP contribution in [0.1, 0.15) is 67.9 Å². The molecular formula is C19H32Si. The SMILES string of the molecule is CCCc1cc(CCC)c2c(c1CCC)C[Si](C)(C)C2. The molecule has 1 aliphatic rings. The fraction of sp³-hybridized carbons (Fsp3) is 0.684. The van der Waals surface area contributed by atoms with Gasteiger partial charge in [-0.2, -0.15) is 0 Å². The maximum atomic E-state index is 2.59. The predicted molar refractivity (Wildman–Crippen MR) is 93.3 cm³/mol. The van der Waals surface area contributed by atoms with Crippen LogP contribution in [0.2, 0.25) is 13.1 Å². The summed E-state index contributed by atoms with van der Waals surface area (Å²) < 4.78 is 0. The van der Waals surface area contributed by atoms with Gasteiger partial charge in [0.15, 0.2) is 0 Å². The first-order valence-corrected chi connectivity index (χ1v) is 12.1. The maximum Gasteiger partial charge on any atom is 0.0561 e. The summed E-state index contributed by atoms with van der Waals surface area (Å²) in [6, 6.07) is 5.46. The average Bonchev–Trinajstić information content (AvgIpc) is 2.70. The van der Waals surface area contributed by atoms with Crippen molar-refractivity contribution in [2.24, 2.45) is 0 Å². The monoisotopic (exact) mass is 288 g/mol. The molecule has 0 aromatic heterocycles. The molecule has 0 radical (unpaired) electrons. The van der Waals surface area contributed by atoms with Gasteiger partial charge in [0.05, 0.1) is 8.07 Å². The third-order valence-electron chi connectivity index (χ3n) is 4.70. The van der Waals surface area contributed by atoms with Gasteiger partial charge in [0.2, 0.25) is 0 Å². The van der Waals surface area contributed by atoms with Gasteiger partial charge in [0, 0.05) is 0 Å². The van der Waals surface area contributed by atoms with E-state index in [-0.39, 0.29) is 0 Å². The zero-order chi connectivity index (χ0) is 14.8. The van der Waals surface area contributed by atoms with E-state index >= 15 is 0 Å². The van der Waals surface area contributed by atoms with E-state index in [4.69, 9.17) is 0 Å². The summed E-state index contributed by atoms with van der Waals surface area (Å²) in [5, 5.41) is 0. The van der Waals surface area contributed by atoms with Crippen molar-refractivity contribution >= 4 is 8.07 Å². The zero-order valence-corrected chi connectivity index (χ0v) is 15.2. The van der Waals surface area contributed by atoms with Crippen molar-refractivity contribution in [2.75, 3.05) is 0 Å². The highest BCUT2D eigenvalue weighted by atomic mass is 28.3. The molecule has 1 heterocycles. The summed E-state index contributed by atoms with van der Waals surface area (Å²) in [5.74, 6) is 0. The highest BCUT2D eigenvalue weighted by molar-refractivity contribution is 6.77. The highest BCUT2D eigenvalue weighted by Gasteiger charge is 2.34. The summed E-state index contributed by atoms with van der Waals surface area (Å²) >= 11 is 0. The van der Waals surface area contributed by atoms with E-state index in [2.05, 4.69) is 39.9 Å². The van der Waals surface area contributed by atoms with Gasteiger partial charge in [-0.15, -0.1) is 0 Å². The number of aryl methyl sites for hydroxylation is 2. The molecular weight excluding hydrogens is 256 g/mol. The quantitative estimate of drug-likeness (QED) is 0.612. The van der Waals surface area contributed by atoms with Crippen molar-refractivity contribution in [1.82, 2.24) is 0 Å². The van der Waals surface area contributed by atoms with Gasteiger partial charge in [-0.1, -0.05) is 59.2 Å². The van der Waals surface area contributed by atoms with Crippen molar-refractivity contribution < 1.29 is 0 Å². The first-order valence-electron chi connectivity index (χ1n) is 8.67. The van der Waals surface area contributed by atoms with E-state index < -0.39 is 8.07 Å². The average molecular weight is 289 g/mol. The molecule has 0 saturated heterocycles. The van der Waals surface area contributed by atoms with E-state index in [0.717, 1.165) is 0 Å². The molecule has 0 spiro atoms. The lowest BCUT2D eigenvalue weighted by molar-refractivity contribution is 0.836. The summed E-state index contributed by atoms with van der Waals surface area (Å²) in [6.07, 6.45) is 7.72. The van der Waals surface area contributed by atoms with E-state index in [0.29, 0.717) is 0 Å². The van der Waals surface area contributed by atoms with Gasteiger partial charge >= 0.3 is 0 Å². The minimum absolute atomic E-state index is 1.01. The van der Waals surface area contributed by atoms with Crippen LogP contribution in [0.4, 0.5) is 0 Å². The molecule has 0 nitrogen and oxygen atoms in total. The fourth-order valence-electron chi connectivity index (χ4n) is 3.95. The molecule has 0 saturated carbocycles. The van der Waals surface area contributed by atoms with Gasteiger partial charge < -0.3 is 0 Å². The van der Waals surface area contributed by atoms with Gasteiger partial charge in [0.1, 0.15) is 0 Å². The third-order valence-corrected chi connectivity index (χ3v) is 7.32. The third kappa shape index (κ3) is 3.19. The molecule has 0 fully saturated rings. The maximum absolute atomic E-state index is 2.59. The summed E-state index contributed by atoms with van der Waals surface area (Å²) in [7, 11) is -1.01. The minimum Gasteiger partial charge on any atom is -0.0689 e. The molecule has 0 N–H and O–H groups in total. The smallest absolute Gasteiger partial charge is 0.0561 e. The Labute approximate surface area is 127 Å². The van der Waals surface area contributed by atoms with Gasteiger partial charge in [-0.05, 0) is 59.2 Å². The zero-order valence-electron chi connectivity index (χ0n) is 14.2. The largest absolute Gasteiger partial charge is 0.0689 e. The van der Waals surface area contributed by atoms with Crippen LogP contribution in [-0.4, -0.2) is 8.07 Å². The van der Waals surface area contributed by atoms with E-state index in [9.17, 15) is 0 Å². The molecule has 112 valence electrons. The van der Waals surface area contributed by atoms with Crippen molar-refractivity contribution in [3.8, 4) is 0 Å². The summed E-state index contributed by atoms with van der Waals surface area (Å²) in [6.45, 7) is 12.1. The Morgan fingerprint density at radius 3 is 1.95 bits per heavy atom. The Balaban J connectivity index is 2.54. The molecule has 1 heteroatoms. The first kappa shape index (κ1) is 15.8. The number of hydrogen-bond acceptors (Lipinski definition) is 0. The molecule has 0 aliphatic carbocycles. The van der Waals surface area contributed by atoms with Crippen molar-refractivity contribution in [3.05, 3.63) is 33.9 Å². The van der Waals surface area contributed by atoms with Crippen molar-refractivity contribution in [1.29, 1.82) is 0 Å². The molecule has 1 aliphatic heterocycles. The van der Waals surface area contributed by atoms with E-state index in [1.807, 2.05) is 0 Å². The second-order valence-electron chi connectivity index (χ2n) is 7.40. The molecule has 2 rings (SSSR count). The van der Waals surface area contributed by atoms with Crippen LogP contribution in [0.25, 0.3) is 0 Å². The Morgan fingerprint density at radius 2 is 1.35 bits per heavy atom. The Morgan fingerprint density at radius 1 is 0.800 bits per heavy atom. The van der Waals surface area contributed by atoms with E-state index in [1.165, 1.54) is 50.6 Å². The van der Waals surface area contributed by atoms with Gasteiger partial charge in [-0.25, -0.2) is 0 Å². The lowest BCUT2D eigenvalue weighted by Crippen LogP contribution is -2.26. The molecule has 0 atom stereocenters. The molecule has 1 aromatic rings. The lowest BCUT2D eigenvalue weighted by Gasteiger charge is -2.18. The predicted octanol–water partition coefficient (Wildman–Crippen LogP) is 5.43. The molecule has 0 unspecified atom stereocenters. The number of benzene rings is 1. The van der Waals surface area contributed by atoms with Crippen molar-refractivity contribution in [3.63, 3.8) is 0 Å². The number of rotatable bonds is 6. The molecule has 0 bridgehead atoms. The molecule has 20 heavy (non-hydrogen) atoms. The van der Waals surface area contributed by atoms with Gasteiger partial charge in [-0.3, -0.25) is 0 Å².